The van der Waals surface area contributed by atoms with E-state index in [1.54, 1.807) is 6.92 Å². The van der Waals surface area contributed by atoms with Crippen LogP contribution in [-0.2, 0) is 4.74 Å². The zero-order chi connectivity index (χ0) is 9.61. The number of hydrogen-bond acceptors (Lipinski definition) is 1. The lowest BCUT2D eigenvalue weighted by Gasteiger charge is -2.19. The molecule has 0 aromatic carbocycles. The average Bonchev–Trinajstić information content (AvgIpc) is 2.03. The van der Waals surface area contributed by atoms with Gasteiger partial charge in [0.2, 0.25) is 0 Å². The van der Waals surface area contributed by atoms with Crippen LogP contribution < -0.4 is 0 Å². The van der Waals surface area contributed by atoms with E-state index in [0.717, 1.165) is 12.2 Å². The molecule has 0 aromatic rings. The molecule has 0 saturated heterocycles. The van der Waals surface area contributed by atoms with Crippen molar-refractivity contribution in [3.63, 3.8) is 0 Å². The number of methoxy groups -OCH3 is 1. The standard InChI is InChI=1S/C9H13F2O/c1-4-6-7-9(10,11)8(5-2)12-3/h2,5-8H,4H2,1,3H3/b5-2?,7-6-. The van der Waals surface area contributed by atoms with Gasteiger partial charge in [-0.3, -0.25) is 0 Å². The third-order valence-corrected chi connectivity index (χ3v) is 1.38. The molecule has 0 spiro atoms. The number of ether oxygens (including phenoxy) is 1. The highest BCUT2D eigenvalue weighted by atomic mass is 19.3. The van der Waals surface area contributed by atoms with E-state index in [2.05, 4.69) is 4.74 Å². The minimum atomic E-state index is -3.01. The van der Waals surface area contributed by atoms with Gasteiger partial charge in [-0.1, -0.05) is 19.6 Å². The second-order valence-corrected chi connectivity index (χ2v) is 2.33. The topological polar surface area (TPSA) is 9.23 Å². The van der Waals surface area contributed by atoms with Crippen LogP contribution in [0.4, 0.5) is 8.78 Å². The van der Waals surface area contributed by atoms with Crippen molar-refractivity contribution in [2.24, 2.45) is 0 Å². The molecule has 0 bridgehead atoms. The van der Waals surface area contributed by atoms with Crippen LogP contribution in [0.3, 0.4) is 0 Å². The lowest BCUT2D eigenvalue weighted by atomic mass is 10.1. The van der Waals surface area contributed by atoms with Crippen molar-refractivity contribution < 1.29 is 13.5 Å². The first-order chi connectivity index (χ1) is 5.58. The normalized spacial score (nSPS) is 15.0. The zero-order valence-corrected chi connectivity index (χ0v) is 7.26. The van der Waals surface area contributed by atoms with E-state index in [1.165, 1.54) is 13.2 Å². The van der Waals surface area contributed by atoms with Gasteiger partial charge in [-0.15, -0.1) is 0 Å². The summed E-state index contributed by atoms with van der Waals surface area (Å²) in [4.78, 5) is 0. The second-order valence-electron chi connectivity index (χ2n) is 2.33. The first-order valence-electron chi connectivity index (χ1n) is 3.71. The minimum absolute atomic E-state index is 0.566. The summed E-state index contributed by atoms with van der Waals surface area (Å²) in [7, 11) is 1.20. The predicted octanol–water partition coefficient (Wildman–Crippen LogP) is 2.59. The number of allylic oxidation sites excluding steroid dienone is 1. The van der Waals surface area contributed by atoms with Gasteiger partial charge >= 0.3 is 0 Å². The van der Waals surface area contributed by atoms with Crippen LogP contribution >= 0.6 is 0 Å². The van der Waals surface area contributed by atoms with Crippen LogP contribution in [0.15, 0.2) is 18.2 Å². The summed E-state index contributed by atoms with van der Waals surface area (Å²) in [6, 6.07) is 0. The van der Waals surface area contributed by atoms with Gasteiger partial charge in [0.25, 0.3) is 5.92 Å². The maximum Gasteiger partial charge on any atom is 0.295 e. The smallest absolute Gasteiger partial charge is 0.295 e. The van der Waals surface area contributed by atoms with Crippen LogP contribution in [0.5, 0.6) is 0 Å². The van der Waals surface area contributed by atoms with Gasteiger partial charge in [0, 0.05) is 7.11 Å². The molecule has 0 N–H and O–H groups in total. The molecule has 69 valence electrons. The molecule has 0 fully saturated rings. The van der Waals surface area contributed by atoms with Crippen molar-refractivity contribution in [2.75, 3.05) is 7.11 Å². The molecule has 1 nitrogen and oxygen atoms in total. The van der Waals surface area contributed by atoms with Gasteiger partial charge in [-0.25, -0.2) is 0 Å². The number of alkyl halides is 2. The van der Waals surface area contributed by atoms with Crippen LogP contribution in [0.25, 0.3) is 0 Å². The highest BCUT2D eigenvalue weighted by molar-refractivity contribution is 5.04. The fourth-order valence-corrected chi connectivity index (χ4v) is 0.734. The highest BCUT2D eigenvalue weighted by Crippen LogP contribution is 2.23. The Balaban J connectivity index is 4.34. The van der Waals surface area contributed by atoms with E-state index in [0.29, 0.717) is 6.42 Å². The van der Waals surface area contributed by atoms with E-state index < -0.39 is 12.0 Å². The largest absolute Gasteiger partial charge is 0.371 e. The Morgan fingerprint density at radius 1 is 1.58 bits per heavy atom. The lowest BCUT2D eigenvalue weighted by molar-refractivity contribution is -0.0648. The summed E-state index contributed by atoms with van der Waals surface area (Å²) < 4.78 is 30.4. The Morgan fingerprint density at radius 2 is 2.17 bits per heavy atom. The summed E-state index contributed by atoms with van der Waals surface area (Å²) in [6.07, 6.45) is 2.26. The SMILES string of the molecule is [CH]=CC(OC)C(F)(F)/C=C\CC. The summed E-state index contributed by atoms with van der Waals surface area (Å²) in [5, 5.41) is 0. The Bertz CT molecular complexity index is 164. The van der Waals surface area contributed by atoms with E-state index >= 15 is 0 Å². The fraction of sp³-hybridized carbons (Fsp3) is 0.556. The molecule has 0 aliphatic rings. The van der Waals surface area contributed by atoms with Gasteiger partial charge in [0.05, 0.1) is 0 Å². The van der Waals surface area contributed by atoms with E-state index in [-0.39, 0.29) is 0 Å². The molecule has 0 heterocycles. The molecule has 1 unspecified atom stereocenters. The highest BCUT2D eigenvalue weighted by Gasteiger charge is 2.34. The molecule has 0 amide bonds. The van der Waals surface area contributed by atoms with Crippen molar-refractivity contribution in [2.45, 2.75) is 25.4 Å². The van der Waals surface area contributed by atoms with Crippen molar-refractivity contribution in [1.82, 2.24) is 0 Å². The first-order valence-corrected chi connectivity index (χ1v) is 3.71. The third kappa shape index (κ3) is 3.13. The predicted molar refractivity (Wildman–Crippen MR) is 44.0 cm³/mol. The first kappa shape index (κ1) is 11.3. The summed E-state index contributed by atoms with van der Waals surface area (Å²) >= 11 is 0. The zero-order valence-electron chi connectivity index (χ0n) is 7.26. The van der Waals surface area contributed by atoms with Gasteiger partial charge in [0.1, 0.15) is 6.10 Å². The number of rotatable bonds is 5. The van der Waals surface area contributed by atoms with Crippen LogP contribution in [0, 0.1) is 6.58 Å². The van der Waals surface area contributed by atoms with Crippen molar-refractivity contribution in [3.05, 3.63) is 24.8 Å². The summed E-state index contributed by atoms with van der Waals surface area (Å²) in [5.74, 6) is -3.01. The fourth-order valence-electron chi connectivity index (χ4n) is 0.734. The summed E-state index contributed by atoms with van der Waals surface area (Å²) in [6.45, 7) is 6.76. The molecule has 0 aliphatic carbocycles. The molecule has 12 heavy (non-hydrogen) atoms. The monoisotopic (exact) mass is 175 g/mol. The molecule has 0 aromatic heterocycles. The summed E-state index contributed by atoms with van der Waals surface area (Å²) in [5.41, 5.74) is 0. The quantitative estimate of drug-likeness (QED) is 0.583. The lowest BCUT2D eigenvalue weighted by Crippen LogP contribution is -2.31. The Morgan fingerprint density at radius 3 is 2.50 bits per heavy atom. The van der Waals surface area contributed by atoms with Gasteiger partial charge in [-0.2, -0.15) is 8.78 Å². The molecule has 1 atom stereocenters. The molecular formula is C9H13F2O. The minimum Gasteiger partial charge on any atom is -0.371 e. The van der Waals surface area contributed by atoms with Gasteiger partial charge in [-0.05, 0) is 18.6 Å². The molecule has 0 saturated carbocycles. The maximum absolute atomic E-state index is 13.0. The van der Waals surface area contributed by atoms with E-state index in [1.807, 2.05) is 0 Å². The van der Waals surface area contributed by atoms with Crippen molar-refractivity contribution >= 4 is 0 Å². The van der Waals surface area contributed by atoms with Crippen LogP contribution in [0.2, 0.25) is 0 Å². The Labute approximate surface area is 71.7 Å². The second kappa shape index (κ2) is 5.04. The molecule has 0 aliphatic heterocycles. The number of halogens is 2. The number of hydrogen-bond donors (Lipinski definition) is 0. The van der Waals surface area contributed by atoms with Crippen LogP contribution in [-0.4, -0.2) is 19.1 Å². The van der Waals surface area contributed by atoms with Crippen molar-refractivity contribution in [1.29, 1.82) is 0 Å². The molecule has 1 radical (unpaired) electrons. The molecular weight excluding hydrogens is 162 g/mol. The Kier molecular flexibility index (Phi) is 4.74. The molecule has 3 heteroatoms. The van der Waals surface area contributed by atoms with Gasteiger partial charge in [0.15, 0.2) is 0 Å². The van der Waals surface area contributed by atoms with Crippen molar-refractivity contribution in [3.8, 4) is 0 Å². The molecule has 0 rings (SSSR count). The van der Waals surface area contributed by atoms with Gasteiger partial charge < -0.3 is 4.74 Å². The Hall–Kier alpha value is -0.700. The third-order valence-electron chi connectivity index (χ3n) is 1.38. The van der Waals surface area contributed by atoms with E-state index in [9.17, 15) is 8.78 Å². The average molecular weight is 175 g/mol. The van der Waals surface area contributed by atoms with Crippen LogP contribution in [0.1, 0.15) is 13.3 Å². The van der Waals surface area contributed by atoms with E-state index in [4.69, 9.17) is 6.58 Å². The maximum atomic E-state index is 13.0.